The van der Waals surface area contributed by atoms with Gasteiger partial charge in [0.25, 0.3) is 0 Å². The molecule has 6 N–H and O–H groups in total. The lowest BCUT2D eigenvalue weighted by atomic mass is 10.0. The molecule has 0 saturated heterocycles. The molecule has 0 aliphatic heterocycles. The molecule has 0 saturated carbocycles. The van der Waals surface area contributed by atoms with Crippen LogP contribution in [0.1, 0.15) is 100 Å². The molecule has 4 rings (SSSR count). The predicted molar refractivity (Wildman–Crippen MR) is 283 cm³/mol. The number of hydrogen-bond donors (Lipinski definition) is 6. The zero-order valence-corrected chi connectivity index (χ0v) is 44.1. The normalized spacial score (nSPS) is 13.4. The second-order valence-electron chi connectivity index (χ2n) is 17.8. The van der Waals surface area contributed by atoms with E-state index in [1.54, 1.807) is 31.2 Å². The molecular formula is C57H81F4O11P. The van der Waals surface area contributed by atoms with Gasteiger partial charge in [0.15, 0.2) is 0 Å². The highest BCUT2D eigenvalue weighted by atomic mass is 31.0. The summed E-state index contributed by atoms with van der Waals surface area (Å²) in [7, 11) is 2.20. The van der Waals surface area contributed by atoms with Gasteiger partial charge >= 0.3 is 0 Å². The van der Waals surface area contributed by atoms with Crippen LogP contribution >= 0.6 is 9.47 Å². The first-order valence-corrected chi connectivity index (χ1v) is 25.2. The lowest BCUT2D eigenvalue weighted by Gasteiger charge is -2.13. The summed E-state index contributed by atoms with van der Waals surface area (Å²) >= 11 is 0. The number of aliphatic hydroxyl groups is 6. The Labute approximate surface area is 435 Å². The van der Waals surface area contributed by atoms with E-state index in [2.05, 4.69) is 47.0 Å². The van der Waals surface area contributed by atoms with Gasteiger partial charge < -0.3 is 54.1 Å². The molecule has 0 aliphatic rings. The molecule has 0 fully saturated rings. The van der Waals surface area contributed by atoms with Gasteiger partial charge in [-0.3, -0.25) is 0 Å². The summed E-state index contributed by atoms with van der Waals surface area (Å²) in [4.78, 5) is 0. The summed E-state index contributed by atoms with van der Waals surface area (Å²) in [6, 6.07) is 22.9. The third-order valence-corrected chi connectivity index (χ3v) is 10.4. The van der Waals surface area contributed by atoms with Gasteiger partial charge in [-0.25, -0.2) is 17.6 Å². The Hall–Kier alpha value is -4.93. The summed E-state index contributed by atoms with van der Waals surface area (Å²) in [5.74, 6) is 14.0. The summed E-state index contributed by atoms with van der Waals surface area (Å²) in [5.41, 5.74) is 0. The van der Waals surface area contributed by atoms with E-state index in [9.17, 15) is 38.0 Å². The highest BCUT2D eigenvalue weighted by Crippen LogP contribution is 2.17. The Morgan fingerprint density at radius 1 is 0.438 bits per heavy atom. The van der Waals surface area contributed by atoms with Crippen molar-refractivity contribution in [1.82, 2.24) is 0 Å². The number of benzene rings is 4. The Morgan fingerprint density at radius 3 is 1.00 bits per heavy atom. The average Bonchev–Trinajstić information content (AvgIpc) is 3.37. The molecule has 4 aromatic rings. The van der Waals surface area contributed by atoms with Crippen molar-refractivity contribution in [3.8, 4) is 46.7 Å². The molecule has 0 spiro atoms. The molecule has 408 valence electrons. The van der Waals surface area contributed by atoms with Gasteiger partial charge in [0, 0.05) is 35.6 Å². The van der Waals surface area contributed by atoms with E-state index in [-0.39, 0.29) is 69.6 Å². The summed E-state index contributed by atoms with van der Waals surface area (Å²) in [5, 5.41) is 56.4. The lowest BCUT2D eigenvalue weighted by molar-refractivity contribution is 0.0809. The van der Waals surface area contributed by atoms with Crippen molar-refractivity contribution in [2.45, 2.75) is 129 Å². The maximum Gasteiger partial charge on any atom is 0.123 e. The minimum absolute atomic E-state index is 0. The molecule has 0 heterocycles. The molecule has 4 aromatic carbocycles. The van der Waals surface area contributed by atoms with Crippen LogP contribution in [0, 0.1) is 64.7 Å². The topological polar surface area (TPSA) is 168 Å². The van der Waals surface area contributed by atoms with Gasteiger partial charge in [-0.2, -0.15) is 0 Å². The van der Waals surface area contributed by atoms with Gasteiger partial charge in [0.1, 0.15) is 72.7 Å². The molecular weight excluding hydrogens is 968 g/mol. The number of ether oxygens (including phenoxy) is 4. The van der Waals surface area contributed by atoms with E-state index in [4.69, 9.17) is 33.7 Å². The minimum atomic E-state index is -0.611. The number of aliphatic hydroxyl groups excluding tert-OH is 6. The summed E-state index contributed by atoms with van der Waals surface area (Å²) < 4.78 is 76.8. The van der Waals surface area contributed by atoms with Crippen molar-refractivity contribution in [3.63, 3.8) is 0 Å². The van der Waals surface area contributed by atoms with E-state index in [0.717, 1.165) is 25.7 Å². The van der Waals surface area contributed by atoms with Crippen LogP contribution in [-0.2, 0) is 4.52 Å². The maximum absolute atomic E-state index is 12.7. The molecule has 16 heteroatoms. The molecule has 0 radical (unpaired) electrons. The first-order chi connectivity index (χ1) is 34.9. The standard InChI is InChI=1S/C16H22FO3P.C16H21FO3.C13H19FO2.C12H17FO3.H2/c1-13(4-2-3-11-20-21)5-8-15(18)12-19-16-9-6-14(17)7-10-16;1-13(4-2-3-11-18)5-8-15(19)12-20-16-9-6-14(17)7-10-16;1-10(2)3-6-12(15)9-16-13-7-4-11(14)5-8-13;1-9(14)2-5-11(15)8-16-12-6-3-10(13)4-7-12;/h6-7,9-10,13,15,18H,3,5,8,11-12,21H2,1H3;6-7,9-10,13,15,18-19H,3,5,8,11-12H2,1H3;4-5,7-8,10,12,15H,3,6,9H2,1-2H3;3-4,6-7,9,11,14-15H,2,5,8H2,1H3;1H/t2*13?,15-;12-;9?,11-;/m0000./s1/i;;;;1+2. The van der Waals surface area contributed by atoms with Crippen LogP contribution in [0.3, 0.4) is 0 Å². The number of hydrogen-bond acceptors (Lipinski definition) is 11. The third kappa shape index (κ3) is 38.3. The smallest absolute Gasteiger partial charge is 0.123 e. The monoisotopic (exact) mass is 1050 g/mol. The first kappa shape index (κ1) is 66.1. The summed E-state index contributed by atoms with van der Waals surface area (Å²) in [6.07, 6.45) is 4.14. The fraction of sp³-hybridized carbons (Fsp3) is 0.509. The quantitative estimate of drug-likeness (QED) is 0.0146. The van der Waals surface area contributed by atoms with E-state index in [1.807, 2.05) is 13.8 Å². The van der Waals surface area contributed by atoms with Crippen LogP contribution in [0.15, 0.2) is 97.1 Å². The van der Waals surface area contributed by atoms with Crippen LogP contribution < -0.4 is 18.9 Å². The van der Waals surface area contributed by atoms with Crippen molar-refractivity contribution >= 4 is 9.47 Å². The van der Waals surface area contributed by atoms with E-state index >= 15 is 0 Å². The predicted octanol–water partition coefficient (Wildman–Crippen LogP) is 10.5. The first-order valence-electron chi connectivity index (χ1n) is 24.7. The Balaban J connectivity index is 0.000000962. The van der Waals surface area contributed by atoms with Gasteiger partial charge in [-0.05, 0) is 161 Å². The highest BCUT2D eigenvalue weighted by molar-refractivity contribution is 7.09. The van der Waals surface area contributed by atoms with Crippen molar-refractivity contribution in [1.29, 1.82) is 0 Å². The number of rotatable bonds is 27. The minimum Gasteiger partial charge on any atom is -0.491 e. The third-order valence-electron chi connectivity index (χ3n) is 10.2. The van der Waals surface area contributed by atoms with E-state index in [0.29, 0.717) is 74.0 Å². The molecule has 4 unspecified atom stereocenters. The largest absolute Gasteiger partial charge is 0.491 e. The Kier molecular flexibility index (Phi) is 37.5. The number of halogens is 4. The van der Waals surface area contributed by atoms with Crippen molar-refractivity contribution in [2.24, 2.45) is 17.8 Å². The SMILES string of the molecule is CC(C#CCCO)CC[C@H](O)COc1ccc(F)cc1.CC(C#CCCOP)CC[C@H](O)COc1ccc(F)cc1.CC(C)CC[C@H](O)COc1ccc(F)cc1.CC(O)CC[C@H](O)COc1ccc(F)cc1.[3HH]. The Bertz CT molecular complexity index is 2020. The van der Waals surface area contributed by atoms with Gasteiger partial charge in [-0.15, -0.1) is 23.7 Å². The zero-order valence-electron chi connectivity index (χ0n) is 43.0. The molecule has 11 nitrogen and oxygen atoms in total. The second-order valence-corrected chi connectivity index (χ2v) is 18.1. The van der Waals surface area contributed by atoms with E-state index < -0.39 is 30.5 Å². The fourth-order valence-corrected chi connectivity index (χ4v) is 5.99. The molecule has 0 aliphatic carbocycles. The van der Waals surface area contributed by atoms with Gasteiger partial charge in [0.2, 0.25) is 0 Å². The van der Waals surface area contributed by atoms with Crippen molar-refractivity contribution < 1.29 is 73.1 Å². The van der Waals surface area contributed by atoms with Crippen LogP contribution in [0.25, 0.3) is 0 Å². The van der Waals surface area contributed by atoms with Gasteiger partial charge in [-0.1, -0.05) is 27.7 Å². The Morgan fingerprint density at radius 2 is 0.726 bits per heavy atom. The van der Waals surface area contributed by atoms with Crippen molar-refractivity contribution in [2.75, 3.05) is 39.6 Å². The van der Waals surface area contributed by atoms with Crippen LogP contribution in [0.5, 0.6) is 23.0 Å². The van der Waals surface area contributed by atoms with Gasteiger partial charge in [0.05, 0.1) is 43.7 Å². The van der Waals surface area contributed by atoms with E-state index in [1.165, 1.54) is 72.8 Å². The second kappa shape index (κ2) is 41.4. The maximum atomic E-state index is 12.7. The molecule has 73 heavy (non-hydrogen) atoms. The zero-order chi connectivity index (χ0) is 54.2. The molecule has 0 aromatic heterocycles. The molecule has 8 atom stereocenters. The lowest BCUT2D eigenvalue weighted by Crippen LogP contribution is -2.19. The van der Waals surface area contributed by atoms with Crippen molar-refractivity contribution in [3.05, 3.63) is 120 Å². The van der Waals surface area contributed by atoms with Crippen LogP contribution in [-0.4, -0.2) is 101 Å². The molecule has 0 amide bonds. The van der Waals surface area contributed by atoms with Crippen LogP contribution in [0.4, 0.5) is 17.6 Å². The summed E-state index contributed by atoms with van der Waals surface area (Å²) in [6.45, 7) is 11.4. The fourth-order valence-electron chi connectivity index (χ4n) is 5.87. The average molecular weight is 1050 g/mol. The highest BCUT2D eigenvalue weighted by Gasteiger charge is 2.11. The van der Waals surface area contributed by atoms with Crippen LogP contribution in [0.2, 0.25) is 0 Å². The molecule has 0 bridgehead atoms.